The average molecular weight is 387 g/mol. The van der Waals surface area contributed by atoms with E-state index in [0.717, 1.165) is 28.1 Å². The van der Waals surface area contributed by atoms with E-state index in [1.54, 1.807) is 31.1 Å². The number of fused-ring (bicyclic) bond motifs is 1. The van der Waals surface area contributed by atoms with Crippen molar-refractivity contribution in [3.63, 3.8) is 0 Å². The predicted octanol–water partition coefficient (Wildman–Crippen LogP) is 4.71. The standard InChI is InChI=1S/C24H21NO4/c1-15(24(27)28)16-6-10-19(11-7-16)25-14-18-4-3-5-21(22(18)23(25)26)17-8-12-20(29-2)13-9-17/h3-13,15H,14H2,1-2H3,(H,27,28). The van der Waals surface area contributed by atoms with Crippen molar-refractivity contribution in [1.29, 1.82) is 0 Å². The van der Waals surface area contributed by atoms with Crippen LogP contribution in [-0.4, -0.2) is 24.1 Å². The number of amides is 1. The van der Waals surface area contributed by atoms with Crippen LogP contribution in [0.15, 0.2) is 66.7 Å². The van der Waals surface area contributed by atoms with Crippen LogP contribution in [0.4, 0.5) is 5.69 Å². The number of ether oxygens (including phenoxy) is 1. The lowest BCUT2D eigenvalue weighted by molar-refractivity contribution is -0.138. The molecule has 1 amide bonds. The van der Waals surface area contributed by atoms with Gasteiger partial charge in [-0.25, -0.2) is 0 Å². The van der Waals surface area contributed by atoms with Crippen molar-refractivity contribution in [1.82, 2.24) is 0 Å². The van der Waals surface area contributed by atoms with E-state index in [2.05, 4.69) is 0 Å². The van der Waals surface area contributed by atoms with Gasteiger partial charge in [-0.3, -0.25) is 9.59 Å². The number of carboxylic acids is 1. The summed E-state index contributed by atoms with van der Waals surface area (Å²) in [5.41, 5.74) is 5.02. The maximum Gasteiger partial charge on any atom is 0.310 e. The molecule has 3 aromatic carbocycles. The molecule has 0 radical (unpaired) electrons. The van der Waals surface area contributed by atoms with Crippen molar-refractivity contribution in [2.45, 2.75) is 19.4 Å². The molecule has 0 aliphatic carbocycles. The highest BCUT2D eigenvalue weighted by Gasteiger charge is 2.31. The summed E-state index contributed by atoms with van der Waals surface area (Å²) in [6.45, 7) is 2.14. The van der Waals surface area contributed by atoms with Crippen LogP contribution < -0.4 is 9.64 Å². The Morgan fingerprint density at radius 2 is 1.72 bits per heavy atom. The molecule has 0 saturated heterocycles. The van der Waals surface area contributed by atoms with Crippen molar-refractivity contribution in [2.75, 3.05) is 12.0 Å². The van der Waals surface area contributed by atoms with Crippen LogP contribution in [-0.2, 0) is 11.3 Å². The first-order valence-corrected chi connectivity index (χ1v) is 9.40. The molecule has 0 bridgehead atoms. The van der Waals surface area contributed by atoms with E-state index < -0.39 is 11.9 Å². The summed E-state index contributed by atoms with van der Waals surface area (Å²) in [4.78, 5) is 26.2. The summed E-state index contributed by atoms with van der Waals surface area (Å²) in [5.74, 6) is -0.737. The molecule has 1 aliphatic rings. The van der Waals surface area contributed by atoms with Crippen molar-refractivity contribution < 1.29 is 19.4 Å². The summed E-state index contributed by atoms with van der Waals surface area (Å²) < 4.78 is 5.22. The zero-order valence-corrected chi connectivity index (χ0v) is 16.3. The second kappa shape index (κ2) is 7.43. The third-order valence-corrected chi connectivity index (χ3v) is 5.41. The van der Waals surface area contributed by atoms with E-state index in [1.807, 2.05) is 54.6 Å². The summed E-state index contributed by atoms with van der Waals surface area (Å²) in [6.07, 6.45) is 0. The Hall–Kier alpha value is -3.60. The van der Waals surface area contributed by atoms with Gasteiger partial charge in [0.2, 0.25) is 0 Å². The number of benzene rings is 3. The number of carbonyl (C=O) groups excluding carboxylic acids is 1. The normalized spacial score (nSPS) is 13.9. The molecular formula is C24H21NO4. The Balaban J connectivity index is 1.66. The van der Waals surface area contributed by atoms with Gasteiger partial charge in [0.1, 0.15) is 5.75 Å². The van der Waals surface area contributed by atoms with Crippen molar-refractivity contribution in [3.05, 3.63) is 83.4 Å². The Morgan fingerprint density at radius 3 is 2.34 bits per heavy atom. The molecule has 146 valence electrons. The first kappa shape index (κ1) is 18.7. The summed E-state index contributed by atoms with van der Waals surface area (Å²) in [7, 11) is 1.62. The molecule has 3 aromatic rings. The molecular weight excluding hydrogens is 366 g/mol. The number of carboxylic acid groups (broad SMARTS) is 1. The maximum atomic E-state index is 13.2. The smallest absolute Gasteiger partial charge is 0.310 e. The second-order valence-electron chi connectivity index (χ2n) is 7.11. The minimum Gasteiger partial charge on any atom is -0.497 e. The fourth-order valence-electron chi connectivity index (χ4n) is 3.67. The molecule has 1 unspecified atom stereocenters. The van der Waals surface area contributed by atoms with Crippen molar-refractivity contribution >= 4 is 17.6 Å². The number of hydrogen-bond acceptors (Lipinski definition) is 3. The Kier molecular flexibility index (Phi) is 4.80. The van der Waals surface area contributed by atoms with Gasteiger partial charge >= 0.3 is 5.97 Å². The number of aliphatic carboxylic acids is 1. The molecule has 0 spiro atoms. The van der Waals surface area contributed by atoms with Gasteiger partial charge in [0.15, 0.2) is 0 Å². The maximum absolute atomic E-state index is 13.2. The first-order chi connectivity index (χ1) is 14.0. The van der Waals surface area contributed by atoms with Gasteiger partial charge in [-0.2, -0.15) is 0 Å². The van der Waals surface area contributed by atoms with Gasteiger partial charge in [0, 0.05) is 5.69 Å². The van der Waals surface area contributed by atoms with Crippen LogP contribution in [0.1, 0.15) is 34.3 Å². The minimum atomic E-state index is -0.869. The fraction of sp³-hybridized carbons (Fsp3) is 0.167. The highest BCUT2D eigenvalue weighted by molar-refractivity contribution is 6.14. The van der Waals surface area contributed by atoms with E-state index in [4.69, 9.17) is 4.74 Å². The average Bonchev–Trinajstić information content (AvgIpc) is 3.10. The van der Waals surface area contributed by atoms with Crippen LogP contribution in [0.3, 0.4) is 0 Å². The lowest BCUT2D eigenvalue weighted by Crippen LogP contribution is -2.23. The van der Waals surface area contributed by atoms with E-state index in [-0.39, 0.29) is 5.91 Å². The Morgan fingerprint density at radius 1 is 1.03 bits per heavy atom. The summed E-state index contributed by atoms with van der Waals surface area (Å²) >= 11 is 0. The van der Waals surface area contributed by atoms with Crippen LogP contribution in [0.25, 0.3) is 11.1 Å². The molecule has 0 saturated carbocycles. The number of methoxy groups -OCH3 is 1. The third kappa shape index (κ3) is 3.36. The van der Waals surface area contributed by atoms with Crippen LogP contribution in [0.5, 0.6) is 5.75 Å². The van der Waals surface area contributed by atoms with Gasteiger partial charge in [0.05, 0.1) is 25.1 Å². The predicted molar refractivity (Wildman–Crippen MR) is 111 cm³/mol. The van der Waals surface area contributed by atoms with E-state index in [1.165, 1.54) is 0 Å². The number of rotatable bonds is 5. The number of carbonyl (C=O) groups is 2. The van der Waals surface area contributed by atoms with Gasteiger partial charge in [-0.1, -0.05) is 42.5 Å². The Labute approximate surface area is 169 Å². The zero-order valence-electron chi connectivity index (χ0n) is 16.3. The van der Waals surface area contributed by atoms with Gasteiger partial charge in [-0.05, 0) is 53.4 Å². The molecule has 0 fully saturated rings. The van der Waals surface area contributed by atoms with Crippen LogP contribution in [0, 0.1) is 0 Å². The lowest BCUT2D eigenvalue weighted by Gasteiger charge is -2.17. The topological polar surface area (TPSA) is 66.8 Å². The largest absolute Gasteiger partial charge is 0.497 e. The molecule has 5 nitrogen and oxygen atoms in total. The quantitative estimate of drug-likeness (QED) is 0.688. The molecule has 1 N–H and O–H groups in total. The third-order valence-electron chi connectivity index (χ3n) is 5.41. The van der Waals surface area contributed by atoms with E-state index in [0.29, 0.717) is 17.7 Å². The van der Waals surface area contributed by atoms with Gasteiger partial charge < -0.3 is 14.7 Å². The molecule has 1 heterocycles. The fourth-order valence-corrected chi connectivity index (χ4v) is 3.67. The minimum absolute atomic E-state index is 0.0505. The van der Waals surface area contributed by atoms with Crippen LogP contribution >= 0.6 is 0 Å². The highest BCUT2D eigenvalue weighted by Crippen LogP contribution is 2.36. The van der Waals surface area contributed by atoms with Gasteiger partial charge in [-0.15, -0.1) is 0 Å². The van der Waals surface area contributed by atoms with Gasteiger partial charge in [0.25, 0.3) is 5.91 Å². The molecule has 0 aromatic heterocycles. The molecule has 29 heavy (non-hydrogen) atoms. The molecule has 5 heteroatoms. The number of nitrogens with zero attached hydrogens (tertiary/aromatic N) is 1. The lowest BCUT2D eigenvalue weighted by atomic mass is 9.97. The number of hydrogen-bond donors (Lipinski definition) is 1. The highest BCUT2D eigenvalue weighted by atomic mass is 16.5. The van der Waals surface area contributed by atoms with Crippen LogP contribution in [0.2, 0.25) is 0 Å². The molecule has 4 rings (SSSR count). The Bertz CT molecular complexity index is 1070. The van der Waals surface area contributed by atoms with Crippen molar-refractivity contribution in [2.24, 2.45) is 0 Å². The van der Waals surface area contributed by atoms with E-state index in [9.17, 15) is 14.7 Å². The molecule has 1 atom stereocenters. The second-order valence-corrected chi connectivity index (χ2v) is 7.11. The van der Waals surface area contributed by atoms with Crippen molar-refractivity contribution in [3.8, 4) is 16.9 Å². The summed E-state index contributed by atoms with van der Waals surface area (Å²) in [6, 6.07) is 20.7. The first-order valence-electron chi connectivity index (χ1n) is 9.40. The SMILES string of the molecule is COc1ccc(-c2cccc3c2C(=O)N(c2ccc(C(C)C(=O)O)cc2)C3)cc1. The zero-order chi connectivity index (χ0) is 20.5. The monoisotopic (exact) mass is 387 g/mol. The number of anilines is 1. The molecule has 1 aliphatic heterocycles. The summed E-state index contributed by atoms with van der Waals surface area (Å²) in [5, 5.41) is 9.18. The van der Waals surface area contributed by atoms with E-state index >= 15 is 0 Å².